The summed E-state index contributed by atoms with van der Waals surface area (Å²) in [6, 6.07) is 8.59. The van der Waals surface area contributed by atoms with Crippen molar-refractivity contribution >= 4 is 53.8 Å². The van der Waals surface area contributed by atoms with Crippen molar-refractivity contribution in [3.8, 4) is 0 Å². The van der Waals surface area contributed by atoms with Crippen molar-refractivity contribution in [1.29, 1.82) is 0 Å². The standard InChI is InChI=1S/C18H16F3N5O2S2/c1-10-3-4-12-16(7-10)29-17(22-12)24-23-13-8-11-5-6-26(2)15(11)9-14(13)25-30(27,28)18(19,20)21/h3-4,7-9,25H,5-6H2,1-2H3. The molecule has 2 heterocycles. The number of halogens is 3. The highest BCUT2D eigenvalue weighted by atomic mass is 32.2. The molecule has 0 saturated heterocycles. The zero-order chi connectivity index (χ0) is 21.7. The number of hydrogen-bond acceptors (Lipinski definition) is 7. The van der Waals surface area contributed by atoms with E-state index in [0.717, 1.165) is 21.3 Å². The van der Waals surface area contributed by atoms with Gasteiger partial charge in [0.1, 0.15) is 5.69 Å². The number of nitrogens with one attached hydrogen (secondary N) is 1. The highest BCUT2D eigenvalue weighted by Crippen LogP contribution is 2.40. The Morgan fingerprint density at radius 3 is 2.70 bits per heavy atom. The lowest BCUT2D eigenvalue weighted by molar-refractivity contribution is -0.0429. The van der Waals surface area contributed by atoms with Crippen LogP contribution < -0.4 is 9.62 Å². The van der Waals surface area contributed by atoms with Crippen molar-refractivity contribution in [1.82, 2.24) is 4.98 Å². The minimum absolute atomic E-state index is 0.00712. The molecular formula is C18H16F3N5O2S2. The molecule has 0 atom stereocenters. The van der Waals surface area contributed by atoms with Gasteiger partial charge in [0, 0.05) is 19.3 Å². The Labute approximate surface area is 174 Å². The molecule has 2 aromatic carbocycles. The quantitative estimate of drug-likeness (QED) is 0.543. The molecule has 7 nitrogen and oxygen atoms in total. The topological polar surface area (TPSA) is 87.0 Å². The summed E-state index contributed by atoms with van der Waals surface area (Å²) < 4.78 is 64.4. The molecule has 0 unspecified atom stereocenters. The van der Waals surface area contributed by atoms with Gasteiger partial charge in [-0.15, -0.1) is 10.2 Å². The number of rotatable bonds is 4. The van der Waals surface area contributed by atoms with Crippen LogP contribution in [0.4, 0.5) is 35.4 Å². The van der Waals surface area contributed by atoms with Gasteiger partial charge in [-0.05, 0) is 48.7 Å². The first-order valence-electron chi connectivity index (χ1n) is 8.79. The van der Waals surface area contributed by atoms with Crippen LogP contribution in [0.5, 0.6) is 0 Å². The molecule has 0 spiro atoms. The van der Waals surface area contributed by atoms with Crippen molar-refractivity contribution in [3.63, 3.8) is 0 Å². The number of anilines is 2. The Bertz CT molecular complexity index is 1270. The van der Waals surface area contributed by atoms with Gasteiger partial charge in [0.2, 0.25) is 5.13 Å². The van der Waals surface area contributed by atoms with Gasteiger partial charge in [-0.25, -0.2) is 4.98 Å². The molecule has 3 aromatic rings. The molecular weight excluding hydrogens is 439 g/mol. The minimum atomic E-state index is -5.60. The number of sulfonamides is 1. The second-order valence-corrected chi connectivity index (χ2v) is 9.57. The number of aromatic nitrogens is 1. The number of azo groups is 1. The molecule has 4 rings (SSSR count). The third kappa shape index (κ3) is 3.84. The third-order valence-corrected chi connectivity index (χ3v) is 6.65. The molecule has 1 aliphatic rings. The Hall–Kier alpha value is -2.73. The molecule has 0 amide bonds. The molecule has 0 aliphatic carbocycles. The van der Waals surface area contributed by atoms with Crippen LogP contribution in [0.3, 0.4) is 0 Å². The van der Waals surface area contributed by atoms with Crippen LogP contribution >= 0.6 is 11.3 Å². The second kappa shape index (κ2) is 7.20. The Morgan fingerprint density at radius 2 is 1.97 bits per heavy atom. The fourth-order valence-electron chi connectivity index (χ4n) is 3.11. The maximum Gasteiger partial charge on any atom is 0.516 e. The zero-order valence-corrected chi connectivity index (χ0v) is 17.5. The van der Waals surface area contributed by atoms with Crippen molar-refractivity contribution in [2.45, 2.75) is 18.9 Å². The smallest absolute Gasteiger partial charge is 0.374 e. The summed E-state index contributed by atoms with van der Waals surface area (Å²) in [5, 5.41) is 8.38. The number of thiazole rings is 1. The van der Waals surface area contributed by atoms with Gasteiger partial charge in [-0.1, -0.05) is 17.4 Å². The molecule has 12 heteroatoms. The number of likely N-dealkylation sites (N-methyl/N-ethyl adjacent to an activating group) is 1. The van der Waals surface area contributed by atoms with Crippen LogP contribution in [0.1, 0.15) is 11.1 Å². The largest absolute Gasteiger partial charge is 0.516 e. The molecule has 1 N–H and O–H groups in total. The number of hydrogen-bond donors (Lipinski definition) is 1. The third-order valence-electron chi connectivity index (χ3n) is 4.65. The number of alkyl halides is 3. The normalized spacial score (nSPS) is 14.6. The lowest BCUT2D eigenvalue weighted by Gasteiger charge is -2.16. The summed E-state index contributed by atoms with van der Waals surface area (Å²) in [6.07, 6.45) is 0.668. The summed E-state index contributed by atoms with van der Waals surface area (Å²) >= 11 is 1.28. The Kier molecular flexibility index (Phi) is 4.93. The lowest BCUT2D eigenvalue weighted by atomic mass is 10.1. The van der Waals surface area contributed by atoms with E-state index in [0.29, 0.717) is 23.8 Å². The number of benzene rings is 2. The van der Waals surface area contributed by atoms with Crippen molar-refractivity contribution < 1.29 is 21.6 Å². The lowest BCUT2D eigenvalue weighted by Crippen LogP contribution is -2.30. The van der Waals surface area contributed by atoms with Crippen molar-refractivity contribution in [2.24, 2.45) is 10.2 Å². The first kappa shape index (κ1) is 20.5. The van der Waals surface area contributed by atoms with Crippen LogP contribution in [0.25, 0.3) is 10.2 Å². The molecule has 0 radical (unpaired) electrons. The molecule has 158 valence electrons. The van der Waals surface area contributed by atoms with Gasteiger partial charge >= 0.3 is 15.5 Å². The van der Waals surface area contributed by atoms with Crippen molar-refractivity contribution in [3.05, 3.63) is 41.5 Å². The average Bonchev–Trinajstić information content (AvgIpc) is 3.21. The van der Waals surface area contributed by atoms with Gasteiger partial charge in [0.05, 0.1) is 15.9 Å². The Morgan fingerprint density at radius 1 is 1.20 bits per heavy atom. The van der Waals surface area contributed by atoms with E-state index in [2.05, 4.69) is 15.2 Å². The summed E-state index contributed by atoms with van der Waals surface area (Å²) in [7, 11) is -3.82. The molecule has 0 saturated carbocycles. The summed E-state index contributed by atoms with van der Waals surface area (Å²) in [6.45, 7) is 2.61. The van der Waals surface area contributed by atoms with Crippen molar-refractivity contribution in [2.75, 3.05) is 23.2 Å². The van der Waals surface area contributed by atoms with E-state index in [1.54, 1.807) is 17.8 Å². The van der Waals surface area contributed by atoms with Gasteiger partial charge in [-0.2, -0.15) is 21.6 Å². The summed E-state index contributed by atoms with van der Waals surface area (Å²) in [5.74, 6) is 0. The van der Waals surface area contributed by atoms with E-state index in [-0.39, 0.29) is 11.4 Å². The first-order chi connectivity index (χ1) is 14.0. The van der Waals surface area contributed by atoms with E-state index in [4.69, 9.17) is 0 Å². The number of fused-ring (bicyclic) bond motifs is 2. The van der Waals surface area contributed by atoms with Crippen LogP contribution in [-0.4, -0.2) is 32.5 Å². The molecule has 1 aliphatic heterocycles. The van der Waals surface area contributed by atoms with Crippen LogP contribution in [0.15, 0.2) is 40.6 Å². The summed E-state index contributed by atoms with van der Waals surface area (Å²) in [5.41, 5.74) is -2.47. The molecule has 30 heavy (non-hydrogen) atoms. The van der Waals surface area contributed by atoms with Crippen LogP contribution in [0, 0.1) is 6.92 Å². The fourth-order valence-corrected chi connectivity index (χ4v) is 4.56. The van der Waals surface area contributed by atoms with E-state index in [1.807, 2.05) is 30.0 Å². The van der Waals surface area contributed by atoms with E-state index in [9.17, 15) is 21.6 Å². The maximum absolute atomic E-state index is 12.9. The minimum Gasteiger partial charge on any atom is -0.374 e. The van der Waals surface area contributed by atoms with Crippen LogP contribution in [0.2, 0.25) is 0 Å². The fraction of sp³-hybridized carbons (Fsp3) is 0.278. The molecule has 0 bridgehead atoms. The van der Waals surface area contributed by atoms with Gasteiger partial charge < -0.3 is 4.90 Å². The van der Waals surface area contributed by atoms with Gasteiger partial charge in [0.15, 0.2) is 0 Å². The molecule has 0 fully saturated rings. The van der Waals surface area contributed by atoms with Gasteiger partial charge in [-0.3, -0.25) is 4.72 Å². The maximum atomic E-state index is 12.9. The Balaban J connectivity index is 1.75. The summed E-state index contributed by atoms with van der Waals surface area (Å²) in [4.78, 5) is 6.16. The van der Waals surface area contributed by atoms with E-state index >= 15 is 0 Å². The number of nitrogens with zero attached hydrogens (tertiary/aromatic N) is 4. The molecule has 1 aromatic heterocycles. The van der Waals surface area contributed by atoms with E-state index < -0.39 is 15.5 Å². The first-order valence-corrected chi connectivity index (χ1v) is 11.1. The number of aryl methyl sites for hydroxylation is 1. The highest BCUT2D eigenvalue weighted by molar-refractivity contribution is 7.93. The highest BCUT2D eigenvalue weighted by Gasteiger charge is 2.46. The zero-order valence-electron chi connectivity index (χ0n) is 15.9. The van der Waals surface area contributed by atoms with Gasteiger partial charge in [0.25, 0.3) is 0 Å². The second-order valence-electron chi connectivity index (χ2n) is 6.89. The monoisotopic (exact) mass is 455 g/mol. The predicted octanol–water partition coefficient (Wildman–Crippen LogP) is 5.27. The van der Waals surface area contributed by atoms with Crippen LogP contribution in [-0.2, 0) is 16.4 Å². The SMILES string of the molecule is Cc1ccc2nc(N=Nc3cc4c(cc3NS(=O)(=O)C(F)(F)F)N(C)CC4)sc2c1. The predicted molar refractivity (Wildman–Crippen MR) is 111 cm³/mol. The van der Waals surface area contributed by atoms with E-state index in [1.165, 1.54) is 17.4 Å². The average molecular weight is 455 g/mol.